The smallest absolute Gasteiger partial charge is 0.341 e. The molecule has 1 aliphatic rings. The lowest BCUT2D eigenvalue weighted by atomic mass is 9.75. The molecule has 16 heavy (non-hydrogen) atoms. The third-order valence-corrected chi connectivity index (χ3v) is 3.01. The Hall–Kier alpha value is -1.81. The molecule has 0 radical (unpaired) electrons. The number of rotatable bonds is 1. The van der Waals surface area contributed by atoms with Crippen LogP contribution in [-0.2, 0) is 10.4 Å². The molecule has 3 N–H and O–H groups in total. The molecule has 2 unspecified atom stereocenters. The molecule has 1 aromatic rings. The monoisotopic (exact) mass is 220 g/mol. The minimum absolute atomic E-state index is 0.00836. The van der Waals surface area contributed by atoms with Gasteiger partial charge in [0.25, 0.3) is 0 Å². The number of aliphatic carboxylic acids is 1. The van der Waals surface area contributed by atoms with Crippen molar-refractivity contribution in [3.05, 3.63) is 41.5 Å². The topological polar surface area (TPSA) is 77.8 Å². The summed E-state index contributed by atoms with van der Waals surface area (Å²) in [5.74, 6) is -1.98. The molecule has 0 amide bonds. The molecule has 84 valence electrons. The molecule has 2 atom stereocenters. The summed E-state index contributed by atoms with van der Waals surface area (Å²) in [6.45, 7) is 1.56. The molecule has 0 spiro atoms. The summed E-state index contributed by atoms with van der Waals surface area (Å²) in [6.07, 6.45) is 1.36. The summed E-state index contributed by atoms with van der Waals surface area (Å²) in [5, 5.41) is 29.1. The first kappa shape index (κ1) is 10.7. The number of benzene rings is 1. The van der Waals surface area contributed by atoms with E-state index in [-0.39, 0.29) is 11.3 Å². The fourth-order valence-electron chi connectivity index (χ4n) is 2.04. The van der Waals surface area contributed by atoms with Gasteiger partial charge in [-0.25, -0.2) is 4.79 Å². The van der Waals surface area contributed by atoms with E-state index in [9.17, 15) is 15.0 Å². The first-order chi connectivity index (χ1) is 7.48. The second-order valence-corrected chi connectivity index (χ2v) is 3.96. The van der Waals surface area contributed by atoms with Gasteiger partial charge in [0, 0.05) is 17.0 Å². The Labute approximate surface area is 92.5 Å². The van der Waals surface area contributed by atoms with Crippen molar-refractivity contribution in [2.75, 3.05) is 0 Å². The summed E-state index contributed by atoms with van der Waals surface area (Å²) in [7, 11) is 0. The first-order valence-corrected chi connectivity index (χ1v) is 4.94. The van der Waals surface area contributed by atoms with E-state index >= 15 is 0 Å². The quantitative estimate of drug-likeness (QED) is 0.670. The molecular formula is C12H12O4. The number of hydrogen-bond donors (Lipinski definition) is 3. The van der Waals surface area contributed by atoms with Gasteiger partial charge in [-0.05, 0) is 6.08 Å². The van der Waals surface area contributed by atoms with Gasteiger partial charge in [-0.3, -0.25) is 0 Å². The molecule has 4 nitrogen and oxygen atoms in total. The van der Waals surface area contributed by atoms with Crippen LogP contribution >= 0.6 is 0 Å². The standard InChI is InChI=1S/C12H12O4/c1-7-6-10(13)8-4-2-3-5-9(8)12(7,16)11(14)15/h2-7,13,16H,1H3,(H,14,15). The number of aliphatic hydroxyl groups excluding tert-OH is 1. The molecule has 1 aliphatic carbocycles. The molecule has 0 aliphatic heterocycles. The first-order valence-electron chi connectivity index (χ1n) is 4.94. The van der Waals surface area contributed by atoms with Gasteiger partial charge in [-0.1, -0.05) is 31.2 Å². The van der Waals surface area contributed by atoms with Crippen LogP contribution < -0.4 is 0 Å². The van der Waals surface area contributed by atoms with Crippen LogP contribution in [0, 0.1) is 5.92 Å². The molecule has 0 saturated carbocycles. The van der Waals surface area contributed by atoms with Crippen molar-refractivity contribution in [2.45, 2.75) is 12.5 Å². The number of fused-ring (bicyclic) bond motifs is 1. The van der Waals surface area contributed by atoms with Gasteiger partial charge in [0.2, 0.25) is 0 Å². The molecule has 1 aromatic carbocycles. The van der Waals surface area contributed by atoms with Crippen molar-refractivity contribution in [2.24, 2.45) is 5.92 Å². The summed E-state index contributed by atoms with van der Waals surface area (Å²) in [6, 6.07) is 6.42. The SMILES string of the molecule is CC1C=C(O)c2ccccc2C1(O)C(=O)O. The van der Waals surface area contributed by atoms with Gasteiger partial charge in [0.1, 0.15) is 5.76 Å². The van der Waals surface area contributed by atoms with Gasteiger partial charge in [-0.15, -0.1) is 0 Å². The second-order valence-electron chi connectivity index (χ2n) is 3.96. The van der Waals surface area contributed by atoms with E-state index < -0.39 is 17.5 Å². The summed E-state index contributed by atoms with van der Waals surface area (Å²) in [4.78, 5) is 11.2. The lowest BCUT2D eigenvalue weighted by Crippen LogP contribution is -2.43. The van der Waals surface area contributed by atoms with Crippen LogP contribution in [0.3, 0.4) is 0 Å². The molecular weight excluding hydrogens is 208 g/mol. The van der Waals surface area contributed by atoms with Gasteiger partial charge >= 0.3 is 5.97 Å². The number of carbonyl (C=O) groups is 1. The molecule has 4 heteroatoms. The van der Waals surface area contributed by atoms with Crippen LogP contribution in [0.4, 0.5) is 0 Å². The molecule has 0 bridgehead atoms. The Morgan fingerprint density at radius 2 is 2.00 bits per heavy atom. The highest BCUT2D eigenvalue weighted by atomic mass is 16.4. The summed E-state index contributed by atoms with van der Waals surface area (Å²) in [5.41, 5.74) is -1.37. The Kier molecular flexibility index (Phi) is 2.24. The fraction of sp³-hybridized carbons (Fsp3) is 0.250. The van der Waals surface area contributed by atoms with Crippen molar-refractivity contribution in [1.29, 1.82) is 0 Å². The summed E-state index contributed by atoms with van der Waals surface area (Å²) >= 11 is 0. The van der Waals surface area contributed by atoms with E-state index in [2.05, 4.69) is 0 Å². The third-order valence-electron chi connectivity index (χ3n) is 3.01. The van der Waals surface area contributed by atoms with Crippen LogP contribution in [0.15, 0.2) is 30.3 Å². The fourth-order valence-corrected chi connectivity index (χ4v) is 2.04. The van der Waals surface area contributed by atoms with E-state index in [0.29, 0.717) is 5.56 Å². The zero-order valence-electron chi connectivity index (χ0n) is 8.71. The lowest BCUT2D eigenvalue weighted by Gasteiger charge is -2.33. The van der Waals surface area contributed by atoms with Gasteiger partial charge in [0.15, 0.2) is 5.60 Å². The average Bonchev–Trinajstić information content (AvgIpc) is 2.26. The minimum Gasteiger partial charge on any atom is -0.508 e. The number of hydrogen-bond acceptors (Lipinski definition) is 3. The highest BCUT2D eigenvalue weighted by molar-refractivity contribution is 5.84. The molecule has 0 heterocycles. The Morgan fingerprint density at radius 3 is 2.62 bits per heavy atom. The number of carboxylic acid groups (broad SMARTS) is 1. The Balaban J connectivity index is 2.72. The van der Waals surface area contributed by atoms with Crippen molar-refractivity contribution in [3.63, 3.8) is 0 Å². The van der Waals surface area contributed by atoms with Crippen molar-refractivity contribution >= 4 is 11.7 Å². The molecule has 0 saturated heterocycles. The average molecular weight is 220 g/mol. The maximum absolute atomic E-state index is 11.2. The third kappa shape index (κ3) is 1.23. The number of aliphatic hydroxyl groups is 2. The molecule has 2 rings (SSSR count). The van der Waals surface area contributed by atoms with Crippen LogP contribution in [0.1, 0.15) is 18.1 Å². The van der Waals surface area contributed by atoms with E-state index in [4.69, 9.17) is 5.11 Å². The van der Waals surface area contributed by atoms with Crippen molar-refractivity contribution < 1.29 is 20.1 Å². The van der Waals surface area contributed by atoms with E-state index in [1.807, 2.05) is 0 Å². The van der Waals surface area contributed by atoms with E-state index in [1.54, 1.807) is 25.1 Å². The van der Waals surface area contributed by atoms with E-state index in [1.165, 1.54) is 12.1 Å². The highest BCUT2D eigenvalue weighted by Crippen LogP contribution is 2.40. The normalized spacial score (nSPS) is 28.1. The number of carboxylic acids is 1. The van der Waals surface area contributed by atoms with Gasteiger partial charge in [0.05, 0.1) is 0 Å². The van der Waals surface area contributed by atoms with E-state index in [0.717, 1.165) is 0 Å². The van der Waals surface area contributed by atoms with Crippen LogP contribution in [0.2, 0.25) is 0 Å². The predicted octanol–water partition coefficient (Wildman–Crippen LogP) is 1.51. The van der Waals surface area contributed by atoms with Gasteiger partial charge in [-0.2, -0.15) is 0 Å². The molecule has 0 fully saturated rings. The maximum atomic E-state index is 11.2. The zero-order valence-corrected chi connectivity index (χ0v) is 8.71. The second kappa shape index (κ2) is 3.35. The van der Waals surface area contributed by atoms with Crippen molar-refractivity contribution in [1.82, 2.24) is 0 Å². The lowest BCUT2D eigenvalue weighted by molar-refractivity contribution is -0.164. The largest absolute Gasteiger partial charge is 0.508 e. The maximum Gasteiger partial charge on any atom is 0.341 e. The van der Waals surface area contributed by atoms with Crippen LogP contribution in [0.25, 0.3) is 5.76 Å². The van der Waals surface area contributed by atoms with Crippen LogP contribution in [0.5, 0.6) is 0 Å². The van der Waals surface area contributed by atoms with Gasteiger partial charge < -0.3 is 15.3 Å². The van der Waals surface area contributed by atoms with Crippen LogP contribution in [-0.4, -0.2) is 21.3 Å². The Morgan fingerprint density at radius 1 is 1.38 bits per heavy atom. The predicted molar refractivity (Wildman–Crippen MR) is 57.7 cm³/mol. The summed E-state index contributed by atoms with van der Waals surface area (Å²) < 4.78 is 0. The highest BCUT2D eigenvalue weighted by Gasteiger charge is 2.46. The Bertz CT molecular complexity index is 478. The molecule has 0 aromatic heterocycles. The van der Waals surface area contributed by atoms with Crippen molar-refractivity contribution in [3.8, 4) is 0 Å². The minimum atomic E-state index is -1.97. The zero-order chi connectivity index (χ0) is 11.9.